The lowest BCUT2D eigenvalue weighted by Gasteiger charge is -2.05. The molecule has 1 N–H and O–H groups in total. The molecule has 0 saturated carbocycles. The van der Waals surface area contributed by atoms with E-state index in [0.717, 1.165) is 11.2 Å². The van der Waals surface area contributed by atoms with Crippen molar-refractivity contribution in [2.75, 3.05) is 12.5 Å². The molecule has 0 aliphatic heterocycles. The first-order valence-electron chi connectivity index (χ1n) is 7.71. The first-order valence-corrected chi connectivity index (χ1v) is 10.8. The topological polar surface area (TPSA) is 62.8 Å². The van der Waals surface area contributed by atoms with Crippen molar-refractivity contribution in [2.45, 2.75) is 16.0 Å². The number of benzene rings is 2. The Bertz CT molecular complexity index is 1060. The fourth-order valence-electron chi connectivity index (χ4n) is 2.54. The third kappa shape index (κ3) is 4.19. The molecule has 3 aromatic rings. The summed E-state index contributed by atoms with van der Waals surface area (Å²) < 4.78 is 62.7. The van der Waals surface area contributed by atoms with Gasteiger partial charge in [0.05, 0.1) is 16.3 Å². The highest BCUT2D eigenvalue weighted by atomic mass is 32.2. The lowest BCUT2D eigenvalue weighted by molar-refractivity contribution is -0.144. The van der Waals surface area contributed by atoms with Crippen LogP contribution in [0.1, 0.15) is 5.82 Å². The third-order valence-corrected chi connectivity index (χ3v) is 5.78. The van der Waals surface area contributed by atoms with Gasteiger partial charge in [0.25, 0.3) is 0 Å². The smallest absolute Gasteiger partial charge is 0.334 e. The molecule has 1 aromatic heterocycles. The molecule has 9 heteroatoms. The van der Waals surface area contributed by atoms with Crippen LogP contribution in [0.4, 0.5) is 13.2 Å². The fraction of sp³-hybridized carbons (Fsp3) is 0.167. The highest BCUT2D eigenvalue weighted by Gasteiger charge is 2.36. The van der Waals surface area contributed by atoms with Crippen LogP contribution in [0.5, 0.6) is 0 Å². The number of nitrogens with one attached hydrogen (secondary N) is 1. The standard InChI is InChI=1S/C18H15F3N2O2S2/c1-26-13-7-3-11(4-8-13)15-16(23-17(22-15)18(19,20)21)12-5-9-14(10-6-12)27(2,24)25/h3-10H,1-2H3,(H,22,23). The van der Waals surface area contributed by atoms with Gasteiger partial charge >= 0.3 is 6.18 Å². The summed E-state index contributed by atoms with van der Waals surface area (Å²) in [6, 6.07) is 12.7. The number of rotatable bonds is 4. The van der Waals surface area contributed by atoms with Crippen LogP contribution in [0.2, 0.25) is 0 Å². The number of alkyl halides is 3. The van der Waals surface area contributed by atoms with Crippen molar-refractivity contribution in [3.8, 4) is 22.5 Å². The summed E-state index contributed by atoms with van der Waals surface area (Å²) in [7, 11) is -3.40. The largest absolute Gasteiger partial charge is 0.449 e. The first-order chi connectivity index (χ1) is 12.6. The monoisotopic (exact) mass is 412 g/mol. The molecular weight excluding hydrogens is 397 g/mol. The summed E-state index contributed by atoms with van der Waals surface area (Å²) in [5, 5.41) is 0. The Morgan fingerprint density at radius 1 is 0.963 bits per heavy atom. The van der Waals surface area contributed by atoms with Crippen LogP contribution in [0, 0.1) is 0 Å². The number of sulfone groups is 1. The van der Waals surface area contributed by atoms with Crippen molar-refractivity contribution in [2.24, 2.45) is 0 Å². The van der Waals surface area contributed by atoms with Gasteiger partial charge in [0.2, 0.25) is 5.82 Å². The number of nitrogens with zero attached hydrogens (tertiary/aromatic N) is 1. The van der Waals surface area contributed by atoms with Gasteiger partial charge in [-0.1, -0.05) is 24.3 Å². The van der Waals surface area contributed by atoms with Gasteiger partial charge in [-0.2, -0.15) is 13.2 Å². The second-order valence-electron chi connectivity index (χ2n) is 5.83. The molecule has 27 heavy (non-hydrogen) atoms. The Labute approximate surface area is 158 Å². The van der Waals surface area contributed by atoms with E-state index in [1.165, 1.54) is 36.0 Å². The summed E-state index contributed by atoms with van der Waals surface area (Å²) in [6.07, 6.45) is -1.66. The van der Waals surface area contributed by atoms with E-state index in [1.54, 1.807) is 24.3 Å². The number of halogens is 3. The molecule has 4 nitrogen and oxygen atoms in total. The zero-order valence-electron chi connectivity index (χ0n) is 14.3. The van der Waals surface area contributed by atoms with E-state index >= 15 is 0 Å². The van der Waals surface area contributed by atoms with Crippen molar-refractivity contribution in [1.29, 1.82) is 0 Å². The van der Waals surface area contributed by atoms with E-state index < -0.39 is 21.8 Å². The molecule has 0 amide bonds. The average molecular weight is 412 g/mol. The van der Waals surface area contributed by atoms with Crippen LogP contribution in [0.15, 0.2) is 58.3 Å². The molecule has 142 valence electrons. The molecule has 0 aliphatic carbocycles. The Balaban J connectivity index is 2.14. The van der Waals surface area contributed by atoms with Gasteiger partial charge in [0, 0.05) is 22.3 Å². The minimum Gasteiger partial charge on any atom is -0.334 e. The SMILES string of the molecule is CSc1ccc(-c2nc(C(F)(F)F)[nH]c2-c2ccc(S(C)(=O)=O)cc2)cc1. The number of thioether (sulfide) groups is 1. The van der Waals surface area contributed by atoms with Crippen LogP contribution in [0.3, 0.4) is 0 Å². The Morgan fingerprint density at radius 2 is 1.52 bits per heavy atom. The molecule has 0 unspecified atom stereocenters. The van der Waals surface area contributed by atoms with E-state index in [4.69, 9.17) is 0 Å². The highest BCUT2D eigenvalue weighted by molar-refractivity contribution is 7.98. The van der Waals surface area contributed by atoms with Crippen molar-refractivity contribution in [1.82, 2.24) is 9.97 Å². The summed E-state index contributed by atoms with van der Waals surface area (Å²) in [5.74, 6) is -1.10. The fourth-order valence-corrected chi connectivity index (χ4v) is 3.58. The van der Waals surface area contributed by atoms with Crippen LogP contribution in [0.25, 0.3) is 22.5 Å². The number of hydrogen-bond acceptors (Lipinski definition) is 4. The van der Waals surface area contributed by atoms with Crippen molar-refractivity contribution in [3.05, 3.63) is 54.4 Å². The van der Waals surface area contributed by atoms with Crippen LogP contribution in [-0.2, 0) is 16.0 Å². The zero-order chi connectivity index (χ0) is 19.8. The molecule has 0 atom stereocenters. The van der Waals surface area contributed by atoms with Crippen LogP contribution < -0.4 is 0 Å². The van der Waals surface area contributed by atoms with Gasteiger partial charge in [0.15, 0.2) is 9.84 Å². The minimum absolute atomic E-state index is 0.0904. The predicted octanol–water partition coefficient (Wildman–Crippen LogP) is 4.89. The van der Waals surface area contributed by atoms with Gasteiger partial charge in [-0.05, 0) is 30.5 Å². The molecular formula is C18H15F3N2O2S2. The maximum atomic E-state index is 13.2. The Morgan fingerprint density at radius 3 is 2.00 bits per heavy atom. The summed E-state index contributed by atoms with van der Waals surface area (Å²) in [5.41, 5.74) is 1.28. The number of hydrogen-bond donors (Lipinski definition) is 1. The van der Waals surface area contributed by atoms with E-state index in [2.05, 4.69) is 9.97 Å². The quantitative estimate of drug-likeness (QED) is 0.620. The van der Waals surface area contributed by atoms with Gasteiger partial charge < -0.3 is 4.98 Å². The second-order valence-corrected chi connectivity index (χ2v) is 8.73. The molecule has 0 saturated heterocycles. The van der Waals surface area contributed by atoms with Crippen LogP contribution in [-0.4, -0.2) is 30.9 Å². The van der Waals surface area contributed by atoms with Gasteiger partial charge in [-0.25, -0.2) is 13.4 Å². The molecule has 0 fully saturated rings. The third-order valence-electron chi connectivity index (χ3n) is 3.91. The maximum absolute atomic E-state index is 13.2. The molecule has 0 aliphatic rings. The number of H-pyrrole nitrogens is 1. The molecule has 3 rings (SSSR count). The van der Waals surface area contributed by atoms with Crippen molar-refractivity contribution in [3.63, 3.8) is 0 Å². The second kappa shape index (κ2) is 7.05. The van der Waals surface area contributed by atoms with Gasteiger partial charge in [-0.3, -0.25) is 0 Å². The normalized spacial score (nSPS) is 12.3. The summed E-state index contributed by atoms with van der Waals surface area (Å²) in [6.45, 7) is 0. The highest BCUT2D eigenvalue weighted by Crippen LogP contribution is 2.36. The van der Waals surface area contributed by atoms with Crippen molar-refractivity contribution < 1.29 is 21.6 Å². The molecule has 1 heterocycles. The molecule has 0 spiro atoms. The van der Waals surface area contributed by atoms with Crippen molar-refractivity contribution >= 4 is 21.6 Å². The average Bonchev–Trinajstić information content (AvgIpc) is 3.07. The molecule has 0 radical (unpaired) electrons. The first kappa shape index (κ1) is 19.5. The van der Waals surface area contributed by atoms with E-state index in [0.29, 0.717) is 11.1 Å². The molecule has 0 bridgehead atoms. The van der Waals surface area contributed by atoms with Gasteiger partial charge in [-0.15, -0.1) is 11.8 Å². The van der Waals surface area contributed by atoms with Gasteiger partial charge in [0.1, 0.15) is 0 Å². The maximum Gasteiger partial charge on any atom is 0.449 e. The number of aromatic amines is 1. The summed E-state index contributed by atoms with van der Waals surface area (Å²) >= 11 is 1.52. The predicted molar refractivity (Wildman–Crippen MR) is 99.4 cm³/mol. The van der Waals surface area contributed by atoms with E-state index in [1.807, 2.05) is 6.26 Å². The van der Waals surface area contributed by atoms with E-state index in [-0.39, 0.29) is 16.3 Å². The molecule has 2 aromatic carbocycles. The lowest BCUT2D eigenvalue weighted by atomic mass is 10.1. The summed E-state index contributed by atoms with van der Waals surface area (Å²) in [4.78, 5) is 7.15. The van der Waals surface area contributed by atoms with E-state index in [9.17, 15) is 21.6 Å². The van der Waals surface area contributed by atoms with Crippen LogP contribution >= 0.6 is 11.8 Å². The number of aromatic nitrogens is 2. The number of imidazole rings is 1. The lowest BCUT2D eigenvalue weighted by Crippen LogP contribution is -2.07. The Kier molecular flexibility index (Phi) is 5.09. The Hall–Kier alpha value is -2.26. The minimum atomic E-state index is -4.63. The zero-order valence-corrected chi connectivity index (χ0v) is 16.0.